The number of nitrogens with zero attached hydrogens (tertiary/aromatic N) is 3. The van der Waals surface area contributed by atoms with Gasteiger partial charge in [0.25, 0.3) is 11.6 Å². The van der Waals surface area contributed by atoms with E-state index < -0.39 is 10.8 Å². The summed E-state index contributed by atoms with van der Waals surface area (Å²) in [6.07, 6.45) is 1.54. The fourth-order valence-corrected chi connectivity index (χ4v) is 2.93. The molecular weight excluding hydrogens is 461 g/mol. The number of aryl methyl sites for hydroxylation is 1. The number of nitro groups is 1. The van der Waals surface area contributed by atoms with Gasteiger partial charge in [-0.15, -0.1) is 0 Å². The Morgan fingerprint density at radius 1 is 1.52 bits per heavy atom. The maximum absolute atomic E-state index is 12.2. The summed E-state index contributed by atoms with van der Waals surface area (Å²) in [5.74, 6) is -0.0883. The average molecular weight is 475 g/mol. The smallest absolute Gasteiger partial charge is 0.296 e. The molecule has 0 bridgehead atoms. The molecule has 0 unspecified atom stereocenters. The first-order chi connectivity index (χ1) is 11.8. The van der Waals surface area contributed by atoms with Crippen molar-refractivity contribution in [1.29, 1.82) is 0 Å². The second-order valence-electron chi connectivity index (χ2n) is 4.74. The van der Waals surface area contributed by atoms with Gasteiger partial charge in [-0.1, -0.05) is 0 Å². The molecule has 0 saturated carbocycles. The van der Waals surface area contributed by atoms with Gasteiger partial charge in [0.2, 0.25) is 0 Å². The summed E-state index contributed by atoms with van der Waals surface area (Å²) in [6.45, 7) is 2.17. The van der Waals surface area contributed by atoms with Crippen LogP contribution in [0.2, 0.25) is 0 Å². The lowest BCUT2D eigenvalue weighted by Crippen LogP contribution is -2.35. The summed E-state index contributed by atoms with van der Waals surface area (Å²) in [5.41, 5.74) is 0.280. The Hall–Kier alpha value is -2.28. The molecule has 25 heavy (non-hydrogen) atoms. The molecule has 0 atom stereocenters. The number of carbonyl (C=O) groups is 1. The first-order valence-corrected chi connectivity index (χ1v) is 8.53. The third kappa shape index (κ3) is 4.63. The van der Waals surface area contributed by atoms with E-state index in [1.54, 1.807) is 26.2 Å². The standard InChI is InChI=1S/C14H14IN5O4S/c1-3-24-8-4-5-10(11(6-8)20(22)23)17-14(25)18-13(21)12-9(15)7-16-19(12)2/h4-7H,3H2,1-2H3,(H2,17,18,21,25). The van der Waals surface area contributed by atoms with Crippen LogP contribution in [0.25, 0.3) is 0 Å². The number of anilines is 1. The quantitative estimate of drug-likeness (QED) is 0.296. The van der Waals surface area contributed by atoms with Crippen molar-refractivity contribution in [3.8, 4) is 5.75 Å². The number of ether oxygens (including phenoxy) is 1. The van der Waals surface area contributed by atoms with Gasteiger partial charge < -0.3 is 10.1 Å². The number of carbonyl (C=O) groups excluding carboxylic acids is 1. The van der Waals surface area contributed by atoms with Crippen molar-refractivity contribution < 1.29 is 14.5 Å². The summed E-state index contributed by atoms with van der Waals surface area (Å²) in [5, 5.41) is 20.3. The molecule has 11 heteroatoms. The molecule has 2 aromatic rings. The highest BCUT2D eigenvalue weighted by atomic mass is 127. The molecule has 0 aliphatic rings. The van der Waals surface area contributed by atoms with Crippen LogP contribution in [0.15, 0.2) is 24.4 Å². The van der Waals surface area contributed by atoms with Gasteiger partial charge in [-0.2, -0.15) is 5.10 Å². The van der Waals surface area contributed by atoms with Crippen molar-refractivity contribution in [2.24, 2.45) is 7.05 Å². The van der Waals surface area contributed by atoms with E-state index in [2.05, 4.69) is 15.7 Å². The summed E-state index contributed by atoms with van der Waals surface area (Å²) in [4.78, 5) is 22.9. The molecule has 0 aliphatic carbocycles. The predicted octanol–water partition coefficient (Wildman–Crippen LogP) is 2.46. The van der Waals surface area contributed by atoms with E-state index in [-0.39, 0.29) is 16.5 Å². The molecule has 9 nitrogen and oxygen atoms in total. The van der Waals surface area contributed by atoms with Crippen molar-refractivity contribution in [3.63, 3.8) is 0 Å². The topological polar surface area (TPSA) is 111 Å². The summed E-state index contributed by atoms with van der Waals surface area (Å²) in [7, 11) is 1.63. The first-order valence-electron chi connectivity index (χ1n) is 7.04. The molecule has 0 saturated heterocycles. The van der Waals surface area contributed by atoms with Gasteiger partial charge in [-0.05, 0) is 53.9 Å². The summed E-state index contributed by atoms with van der Waals surface area (Å²) in [6, 6.07) is 4.34. The minimum atomic E-state index is -0.556. The number of aromatic nitrogens is 2. The van der Waals surface area contributed by atoms with Crippen molar-refractivity contribution in [2.45, 2.75) is 6.92 Å². The van der Waals surface area contributed by atoms with Crippen molar-refractivity contribution in [1.82, 2.24) is 15.1 Å². The van der Waals surface area contributed by atoms with Gasteiger partial charge in [0, 0.05) is 7.05 Å². The van der Waals surface area contributed by atoms with Crippen molar-refractivity contribution in [2.75, 3.05) is 11.9 Å². The monoisotopic (exact) mass is 475 g/mol. The Balaban J connectivity index is 2.15. The van der Waals surface area contributed by atoms with Crippen molar-refractivity contribution >= 4 is 57.2 Å². The lowest BCUT2D eigenvalue weighted by molar-refractivity contribution is -0.384. The molecule has 1 aromatic carbocycles. The van der Waals surface area contributed by atoms with Crippen LogP contribution in [0.5, 0.6) is 5.75 Å². The van der Waals surface area contributed by atoms with Crippen molar-refractivity contribution in [3.05, 3.63) is 43.8 Å². The molecule has 0 fully saturated rings. The van der Waals surface area contributed by atoms with Gasteiger partial charge in [-0.25, -0.2) is 0 Å². The van der Waals surface area contributed by atoms with E-state index in [4.69, 9.17) is 17.0 Å². The maximum atomic E-state index is 12.2. The van der Waals surface area contributed by atoms with Crippen LogP contribution in [0.3, 0.4) is 0 Å². The number of rotatable bonds is 5. The highest BCUT2D eigenvalue weighted by Crippen LogP contribution is 2.29. The number of thiocarbonyl (C=S) groups is 1. The zero-order valence-corrected chi connectivity index (χ0v) is 16.3. The molecule has 2 N–H and O–H groups in total. The fraction of sp³-hybridized carbons (Fsp3) is 0.214. The molecular formula is C14H14IN5O4S. The number of halogens is 1. The van der Waals surface area contributed by atoms with Gasteiger partial charge in [-0.3, -0.25) is 24.9 Å². The summed E-state index contributed by atoms with van der Waals surface area (Å²) >= 11 is 7.06. The normalized spacial score (nSPS) is 10.2. The minimum Gasteiger partial charge on any atom is -0.494 e. The van der Waals surface area contributed by atoms with Crippen LogP contribution in [-0.2, 0) is 7.05 Å². The highest BCUT2D eigenvalue weighted by Gasteiger charge is 2.19. The van der Waals surface area contributed by atoms with Gasteiger partial charge in [0.15, 0.2) is 5.11 Å². The lowest BCUT2D eigenvalue weighted by Gasteiger charge is -2.11. The third-order valence-electron chi connectivity index (χ3n) is 3.06. The number of nitrogens with one attached hydrogen (secondary N) is 2. The van der Waals surface area contributed by atoms with E-state index in [1.807, 2.05) is 22.6 Å². The molecule has 1 aromatic heterocycles. The van der Waals surface area contributed by atoms with Gasteiger partial charge in [0.05, 0.1) is 27.4 Å². The minimum absolute atomic E-state index is 0.0609. The second-order valence-corrected chi connectivity index (χ2v) is 6.31. The Bertz CT molecular complexity index is 819. The molecule has 2 rings (SSSR count). The fourth-order valence-electron chi connectivity index (χ4n) is 2.01. The van der Waals surface area contributed by atoms with Crippen LogP contribution < -0.4 is 15.4 Å². The predicted molar refractivity (Wildman–Crippen MR) is 104 cm³/mol. The highest BCUT2D eigenvalue weighted by molar-refractivity contribution is 14.1. The molecule has 1 amide bonds. The lowest BCUT2D eigenvalue weighted by atomic mass is 10.2. The number of amides is 1. The largest absolute Gasteiger partial charge is 0.494 e. The van der Waals surface area contributed by atoms with Gasteiger partial charge >= 0.3 is 0 Å². The summed E-state index contributed by atoms with van der Waals surface area (Å²) < 4.78 is 7.33. The number of nitro benzene ring substituents is 1. The maximum Gasteiger partial charge on any atom is 0.296 e. The molecule has 0 radical (unpaired) electrons. The zero-order chi connectivity index (χ0) is 18.6. The van der Waals surface area contributed by atoms with Crippen LogP contribution >= 0.6 is 34.8 Å². The van der Waals surface area contributed by atoms with E-state index in [0.717, 1.165) is 0 Å². The molecule has 0 spiro atoms. The van der Waals surface area contributed by atoms with E-state index in [9.17, 15) is 14.9 Å². The van der Waals surface area contributed by atoms with E-state index >= 15 is 0 Å². The Morgan fingerprint density at radius 3 is 2.80 bits per heavy atom. The van der Waals surface area contributed by atoms with E-state index in [1.165, 1.54) is 16.8 Å². The van der Waals surface area contributed by atoms with Gasteiger partial charge in [0.1, 0.15) is 17.1 Å². The average Bonchev–Trinajstić information content (AvgIpc) is 2.87. The third-order valence-corrected chi connectivity index (χ3v) is 4.05. The van der Waals surface area contributed by atoms with E-state index in [0.29, 0.717) is 21.6 Å². The zero-order valence-electron chi connectivity index (χ0n) is 13.3. The Kier molecular flexibility index (Phi) is 6.25. The van der Waals surface area contributed by atoms with Crippen LogP contribution in [-0.4, -0.2) is 32.3 Å². The van der Waals surface area contributed by atoms with Crippen LogP contribution in [0, 0.1) is 13.7 Å². The molecule has 132 valence electrons. The van der Waals surface area contributed by atoms with Crippen LogP contribution in [0.1, 0.15) is 17.4 Å². The SMILES string of the molecule is CCOc1ccc(NC(=S)NC(=O)c2c(I)cnn2C)c([N+](=O)[O-])c1. The number of benzene rings is 1. The second kappa shape index (κ2) is 8.20. The number of hydrogen-bond acceptors (Lipinski definition) is 6. The Labute approximate surface area is 162 Å². The molecule has 1 heterocycles. The Morgan fingerprint density at radius 2 is 2.24 bits per heavy atom. The molecule has 0 aliphatic heterocycles. The van der Waals surface area contributed by atoms with Crippen LogP contribution in [0.4, 0.5) is 11.4 Å². The first kappa shape index (κ1) is 19.1. The number of hydrogen-bond donors (Lipinski definition) is 2.